The van der Waals surface area contributed by atoms with E-state index >= 15 is 0 Å². The zero-order valence-corrected chi connectivity index (χ0v) is 13.2. The highest BCUT2D eigenvalue weighted by Gasteiger charge is 2.29. The molecule has 2 N–H and O–H groups in total. The third kappa shape index (κ3) is 4.00. The van der Waals surface area contributed by atoms with Crippen molar-refractivity contribution in [3.8, 4) is 0 Å². The molecule has 122 valence electrons. The molecule has 0 aliphatic carbocycles. The molecule has 8 heteroatoms. The van der Waals surface area contributed by atoms with E-state index in [0.717, 1.165) is 0 Å². The van der Waals surface area contributed by atoms with Crippen molar-refractivity contribution in [2.75, 3.05) is 31.6 Å². The van der Waals surface area contributed by atoms with E-state index in [-0.39, 0.29) is 18.2 Å². The van der Waals surface area contributed by atoms with Gasteiger partial charge in [0.25, 0.3) is 0 Å². The molecule has 1 saturated heterocycles. The van der Waals surface area contributed by atoms with Crippen LogP contribution in [0.4, 0.5) is 5.69 Å². The molecule has 1 aromatic rings. The number of morpholine rings is 1. The highest BCUT2D eigenvalue weighted by Crippen LogP contribution is 2.16. The first kappa shape index (κ1) is 15.8. The Morgan fingerprint density at radius 3 is 2.91 bits per heavy atom. The zero-order valence-electron chi connectivity index (χ0n) is 12.4. The van der Waals surface area contributed by atoms with Crippen LogP contribution in [0.2, 0.25) is 5.02 Å². The van der Waals surface area contributed by atoms with E-state index in [1.807, 2.05) is 4.90 Å². The molecule has 1 aromatic carbocycles. The van der Waals surface area contributed by atoms with Crippen molar-refractivity contribution in [2.45, 2.75) is 12.5 Å². The van der Waals surface area contributed by atoms with Crippen molar-refractivity contribution >= 4 is 35.1 Å². The number of benzene rings is 1. The van der Waals surface area contributed by atoms with Crippen LogP contribution in [0, 0.1) is 0 Å². The number of aliphatic imine (C=N–C) groups is 1. The molecule has 0 radical (unpaired) electrons. The topological polar surface area (TPSA) is 83.0 Å². The van der Waals surface area contributed by atoms with Crippen LogP contribution < -0.4 is 10.6 Å². The van der Waals surface area contributed by atoms with Crippen molar-refractivity contribution in [1.82, 2.24) is 10.2 Å². The molecule has 0 saturated carbocycles. The zero-order chi connectivity index (χ0) is 16.2. The van der Waals surface area contributed by atoms with E-state index < -0.39 is 6.04 Å². The number of ether oxygens (including phenoxy) is 1. The number of amides is 2. The minimum atomic E-state index is -0.749. The predicted molar refractivity (Wildman–Crippen MR) is 86.5 cm³/mol. The molecule has 1 atom stereocenters. The first-order valence-corrected chi connectivity index (χ1v) is 7.76. The highest BCUT2D eigenvalue weighted by atomic mass is 35.5. The summed E-state index contributed by atoms with van der Waals surface area (Å²) in [5.41, 5.74) is 0.580. The fourth-order valence-corrected chi connectivity index (χ4v) is 2.65. The Hall–Kier alpha value is -2.12. The van der Waals surface area contributed by atoms with Crippen molar-refractivity contribution in [1.29, 1.82) is 0 Å². The van der Waals surface area contributed by atoms with E-state index in [1.165, 1.54) is 0 Å². The number of anilines is 1. The van der Waals surface area contributed by atoms with Gasteiger partial charge in [-0.25, -0.2) is 4.99 Å². The SMILES string of the molecule is O=C1CC(C(=O)Nc2cccc(Cl)c2)N=C(N2CCOCC2)N1. The number of halogens is 1. The largest absolute Gasteiger partial charge is 0.378 e. The average molecular weight is 337 g/mol. The predicted octanol–water partition coefficient (Wildman–Crippen LogP) is 0.855. The molecule has 3 rings (SSSR count). The van der Waals surface area contributed by atoms with Crippen LogP contribution in [0.5, 0.6) is 0 Å². The Kier molecular flexibility index (Phi) is 4.78. The molecule has 0 spiro atoms. The maximum absolute atomic E-state index is 12.4. The summed E-state index contributed by atoms with van der Waals surface area (Å²) in [7, 11) is 0. The number of carbonyl (C=O) groups is 2. The third-order valence-electron chi connectivity index (χ3n) is 3.61. The molecule has 2 aliphatic rings. The molecule has 23 heavy (non-hydrogen) atoms. The second-order valence-corrected chi connectivity index (χ2v) is 5.76. The summed E-state index contributed by atoms with van der Waals surface area (Å²) >= 11 is 5.90. The van der Waals surface area contributed by atoms with Gasteiger partial charge in [-0.3, -0.25) is 14.9 Å². The lowest BCUT2D eigenvalue weighted by atomic mass is 10.1. The van der Waals surface area contributed by atoms with Crippen LogP contribution in [-0.2, 0) is 14.3 Å². The van der Waals surface area contributed by atoms with Gasteiger partial charge in [0.05, 0.1) is 19.6 Å². The quantitative estimate of drug-likeness (QED) is 0.839. The lowest BCUT2D eigenvalue weighted by Gasteiger charge is -2.32. The highest BCUT2D eigenvalue weighted by molar-refractivity contribution is 6.30. The molecule has 7 nitrogen and oxygen atoms in total. The smallest absolute Gasteiger partial charge is 0.249 e. The van der Waals surface area contributed by atoms with Crippen LogP contribution in [0.15, 0.2) is 29.3 Å². The number of carbonyl (C=O) groups excluding carboxylic acids is 2. The number of nitrogens with one attached hydrogen (secondary N) is 2. The Bertz CT molecular complexity index is 643. The first-order valence-electron chi connectivity index (χ1n) is 7.38. The Morgan fingerprint density at radius 2 is 2.17 bits per heavy atom. The van der Waals surface area contributed by atoms with E-state index in [1.54, 1.807) is 24.3 Å². The van der Waals surface area contributed by atoms with Crippen molar-refractivity contribution in [3.05, 3.63) is 29.3 Å². The Morgan fingerprint density at radius 1 is 1.39 bits per heavy atom. The number of guanidine groups is 1. The lowest BCUT2D eigenvalue weighted by Crippen LogP contribution is -2.53. The molecular formula is C15H17ClN4O3. The average Bonchev–Trinajstić information content (AvgIpc) is 2.55. The van der Waals surface area contributed by atoms with Gasteiger partial charge in [-0.15, -0.1) is 0 Å². The van der Waals surface area contributed by atoms with Gasteiger partial charge < -0.3 is 15.0 Å². The van der Waals surface area contributed by atoms with E-state index in [2.05, 4.69) is 15.6 Å². The van der Waals surface area contributed by atoms with Crippen LogP contribution in [0.3, 0.4) is 0 Å². The minimum absolute atomic E-state index is 0.0280. The van der Waals surface area contributed by atoms with Gasteiger partial charge in [-0.05, 0) is 18.2 Å². The van der Waals surface area contributed by atoms with Crippen molar-refractivity contribution in [3.63, 3.8) is 0 Å². The Labute approximate surface area is 138 Å². The lowest BCUT2D eigenvalue weighted by molar-refractivity contribution is -0.125. The molecular weight excluding hydrogens is 320 g/mol. The summed E-state index contributed by atoms with van der Waals surface area (Å²) in [6.07, 6.45) is 0.0280. The normalized spacial score (nSPS) is 21.4. The first-order chi connectivity index (χ1) is 11.1. The number of rotatable bonds is 2. The number of nitrogens with zero attached hydrogens (tertiary/aromatic N) is 2. The van der Waals surface area contributed by atoms with Gasteiger partial charge in [0.1, 0.15) is 6.04 Å². The second-order valence-electron chi connectivity index (χ2n) is 5.32. The van der Waals surface area contributed by atoms with Crippen molar-refractivity contribution in [2.24, 2.45) is 4.99 Å². The van der Waals surface area contributed by atoms with Gasteiger partial charge in [-0.2, -0.15) is 0 Å². The summed E-state index contributed by atoms with van der Waals surface area (Å²) in [5, 5.41) is 6.00. The molecule has 1 unspecified atom stereocenters. The van der Waals surface area contributed by atoms with Gasteiger partial charge in [0.2, 0.25) is 17.8 Å². The van der Waals surface area contributed by atoms with E-state index in [4.69, 9.17) is 16.3 Å². The van der Waals surface area contributed by atoms with E-state index in [0.29, 0.717) is 43.0 Å². The van der Waals surface area contributed by atoms with Crippen LogP contribution >= 0.6 is 11.6 Å². The summed E-state index contributed by atoms with van der Waals surface area (Å²) < 4.78 is 5.28. The molecule has 0 aromatic heterocycles. The summed E-state index contributed by atoms with van der Waals surface area (Å²) in [4.78, 5) is 30.6. The minimum Gasteiger partial charge on any atom is -0.378 e. The van der Waals surface area contributed by atoms with Crippen molar-refractivity contribution < 1.29 is 14.3 Å². The molecule has 2 aliphatic heterocycles. The summed E-state index contributed by atoms with van der Waals surface area (Å²) in [6.45, 7) is 2.44. The van der Waals surface area contributed by atoms with Crippen LogP contribution in [-0.4, -0.2) is 55.0 Å². The maximum atomic E-state index is 12.4. The molecule has 2 heterocycles. The van der Waals surface area contributed by atoms with Gasteiger partial charge in [0.15, 0.2) is 0 Å². The van der Waals surface area contributed by atoms with Gasteiger partial charge in [-0.1, -0.05) is 17.7 Å². The van der Waals surface area contributed by atoms with Crippen LogP contribution in [0.1, 0.15) is 6.42 Å². The fraction of sp³-hybridized carbons (Fsp3) is 0.400. The maximum Gasteiger partial charge on any atom is 0.249 e. The standard InChI is InChI=1S/C15H17ClN4O3/c16-10-2-1-3-11(8-10)17-14(22)12-9-13(21)19-15(18-12)20-4-6-23-7-5-20/h1-3,8,12H,4-7,9H2,(H,17,22)(H,18,19,21). The summed E-state index contributed by atoms with van der Waals surface area (Å²) in [5.74, 6) is -0.101. The van der Waals surface area contributed by atoms with Gasteiger partial charge >= 0.3 is 0 Å². The number of hydrogen-bond donors (Lipinski definition) is 2. The third-order valence-corrected chi connectivity index (χ3v) is 3.85. The van der Waals surface area contributed by atoms with Gasteiger partial charge in [0, 0.05) is 23.8 Å². The molecule has 2 amide bonds. The molecule has 1 fully saturated rings. The summed E-state index contributed by atoms with van der Waals surface area (Å²) in [6, 6.07) is 6.10. The van der Waals surface area contributed by atoms with Crippen LogP contribution in [0.25, 0.3) is 0 Å². The Balaban J connectivity index is 1.72. The monoisotopic (exact) mass is 336 g/mol. The van der Waals surface area contributed by atoms with E-state index in [9.17, 15) is 9.59 Å². The number of hydrogen-bond acceptors (Lipinski definition) is 5. The fourth-order valence-electron chi connectivity index (χ4n) is 2.46. The molecule has 0 bridgehead atoms. The second kappa shape index (κ2) is 6.97.